The van der Waals surface area contributed by atoms with Crippen molar-refractivity contribution >= 4 is 30.5 Å². The highest BCUT2D eigenvalue weighted by atomic mass is 16.4. The molecule has 2 heterocycles. The Morgan fingerprint density at radius 2 is 2.17 bits per heavy atom. The van der Waals surface area contributed by atoms with E-state index in [4.69, 9.17) is 0 Å². The van der Waals surface area contributed by atoms with Gasteiger partial charge < -0.3 is 25.6 Å². The van der Waals surface area contributed by atoms with Crippen LogP contribution in [0.4, 0.5) is 5.69 Å². The number of hydrogen-bond acceptors (Lipinski definition) is 5. The number of hydrogen-bond donors (Lipinski definition) is 4. The van der Waals surface area contributed by atoms with Gasteiger partial charge in [-0.2, -0.15) is 0 Å². The molecule has 1 aromatic rings. The third-order valence-corrected chi connectivity index (χ3v) is 4.37. The average molecular weight is 331 g/mol. The number of benzene rings is 1. The Kier molecular flexibility index (Phi) is 4.54. The lowest BCUT2D eigenvalue weighted by atomic mass is 9.78. The summed E-state index contributed by atoms with van der Waals surface area (Å²) >= 11 is 0. The summed E-state index contributed by atoms with van der Waals surface area (Å²) in [5, 5.41) is 23.8. The van der Waals surface area contributed by atoms with E-state index in [-0.39, 0.29) is 24.8 Å². The van der Waals surface area contributed by atoms with Crippen molar-refractivity contribution in [2.75, 3.05) is 18.4 Å². The summed E-state index contributed by atoms with van der Waals surface area (Å²) in [5.41, 5.74) is 1.55. The van der Waals surface area contributed by atoms with E-state index in [1.54, 1.807) is 18.2 Å². The topological polar surface area (TPSA) is 119 Å². The van der Waals surface area contributed by atoms with Crippen molar-refractivity contribution in [3.05, 3.63) is 29.3 Å². The Labute approximate surface area is 139 Å². The summed E-state index contributed by atoms with van der Waals surface area (Å²) in [6, 6.07) is 5.04. The summed E-state index contributed by atoms with van der Waals surface area (Å²) in [6.07, 6.45) is 1.45. The van der Waals surface area contributed by atoms with Crippen LogP contribution >= 0.6 is 0 Å². The molecule has 1 saturated heterocycles. The fourth-order valence-corrected chi connectivity index (χ4v) is 3.21. The second kappa shape index (κ2) is 6.62. The fourth-order valence-electron chi connectivity index (χ4n) is 3.21. The number of carbonyl (C=O) groups is 3. The maximum atomic E-state index is 12.3. The largest absolute Gasteiger partial charge is 0.475 e. The Balaban J connectivity index is 1.64. The average Bonchev–Trinajstić information content (AvgIpc) is 3.17. The molecule has 126 valence electrons. The summed E-state index contributed by atoms with van der Waals surface area (Å²) in [7, 11) is -1.58. The number of carbonyl (C=O) groups excluding carboxylic acids is 3. The normalized spacial score (nSPS) is 19.0. The van der Waals surface area contributed by atoms with Crippen molar-refractivity contribution in [2.45, 2.75) is 25.2 Å². The predicted octanol–water partition coefficient (Wildman–Crippen LogP) is -1.09. The molecule has 4 N–H and O–H groups in total. The molecule has 0 bridgehead atoms. The van der Waals surface area contributed by atoms with Crippen molar-refractivity contribution in [3.8, 4) is 0 Å². The van der Waals surface area contributed by atoms with Crippen molar-refractivity contribution in [3.63, 3.8) is 0 Å². The number of para-hydroxylation sites is 1. The van der Waals surface area contributed by atoms with Gasteiger partial charge in [-0.3, -0.25) is 14.4 Å². The van der Waals surface area contributed by atoms with Gasteiger partial charge in [0.1, 0.15) is 0 Å². The lowest BCUT2D eigenvalue weighted by Crippen LogP contribution is -2.48. The molecule has 0 radical (unpaired) electrons. The smallest absolute Gasteiger partial charge is 0.426 e. The Bertz CT molecular complexity index is 694. The van der Waals surface area contributed by atoms with Crippen LogP contribution in [0.2, 0.25) is 0 Å². The maximum absolute atomic E-state index is 12.3. The summed E-state index contributed by atoms with van der Waals surface area (Å²) in [6.45, 7) is 0.202. The molecule has 3 amide bonds. The summed E-state index contributed by atoms with van der Waals surface area (Å²) in [5.74, 6) is -1.62. The van der Waals surface area contributed by atoms with Gasteiger partial charge in [-0.1, -0.05) is 12.1 Å². The third kappa shape index (κ3) is 3.13. The number of nitrogens with one attached hydrogen (secondary N) is 2. The minimum Gasteiger partial charge on any atom is -0.426 e. The molecule has 3 rings (SSSR count). The second-order valence-electron chi connectivity index (χ2n) is 5.96. The molecule has 0 unspecified atom stereocenters. The molecular weight excluding hydrogens is 313 g/mol. The van der Waals surface area contributed by atoms with Crippen LogP contribution in [-0.4, -0.2) is 58.8 Å². The molecule has 0 saturated carbocycles. The Morgan fingerprint density at radius 1 is 1.38 bits per heavy atom. The van der Waals surface area contributed by atoms with Crippen molar-refractivity contribution in [2.24, 2.45) is 0 Å². The van der Waals surface area contributed by atoms with E-state index in [9.17, 15) is 24.4 Å². The fraction of sp³-hybridized carbons (Fsp3) is 0.400. The lowest BCUT2D eigenvalue weighted by molar-refractivity contribution is -0.130. The van der Waals surface area contributed by atoms with Crippen LogP contribution in [0, 0.1) is 0 Å². The zero-order chi connectivity index (χ0) is 17.3. The molecule has 9 heteroatoms. The highest BCUT2D eigenvalue weighted by Crippen LogP contribution is 2.27. The van der Waals surface area contributed by atoms with E-state index in [0.29, 0.717) is 30.6 Å². The van der Waals surface area contributed by atoms with Gasteiger partial charge in [0.25, 0.3) is 5.91 Å². The van der Waals surface area contributed by atoms with Crippen LogP contribution in [0.25, 0.3) is 0 Å². The van der Waals surface area contributed by atoms with Gasteiger partial charge in [-0.15, -0.1) is 0 Å². The van der Waals surface area contributed by atoms with Crippen LogP contribution in [0.15, 0.2) is 18.2 Å². The SMILES string of the molecule is O=C1Cc2cccc(C(=O)NCC(=O)N3CCC[C@H]3B(O)O)c2N1. The molecular formula is C15H18BN3O5. The number of nitrogens with zero attached hydrogens (tertiary/aromatic N) is 1. The van der Waals surface area contributed by atoms with Crippen molar-refractivity contribution in [1.82, 2.24) is 10.2 Å². The van der Waals surface area contributed by atoms with Gasteiger partial charge in [0.05, 0.1) is 30.2 Å². The van der Waals surface area contributed by atoms with E-state index < -0.39 is 19.0 Å². The Morgan fingerprint density at radius 3 is 2.92 bits per heavy atom. The molecule has 2 aliphatic heterocycles. The predicted molar refractivity (Wildman–Crippen MR) is 86.0 cm³/mol. The highest BCUT2D eigenvalue weighted by molar-refractivity contribution is 6.43. The van der Waals surface area contributed by atoms with Gasteiger partial charge in [-0.05, 0) is 24.5 Å². The number of likely N-dealkylation sites (tertiary alicyclic amines) is 1. The van der Waals surface area contributed by atoms with Crippen LogP contribution < -0.4 is 10.6 Å². The van der Waals surface area contributed by atoms with E-state index in [2.05, 4.69) is 10.6 Å². The molecule has 24 heavy (non-hydrogen) atoms. The van der Waals surface area contributed by atoms with Crippen LogP contribution in [0.3, 0.4) is 0 Å². The standard InChI is InChI=1S/C15H18BN3O5/c20-12-7-9-3-1-4-10(14(9)18-12)15(22)17-8-13(21)19-6-2-5-11(19)16(23)24/h1,3-4,11,23-24H,2,5-8H2,(H,17,22)(H,18,20)/t11-/m0/s1. The highest BCUT2D eigenvalue weighted by Gasteiger charge is 2.36. The van der Waals surface area contributed by atoms with Gasteiger partial charge in [0.15, 0.2) is 0 Å². The van der Waals surface area contributed by atoms with Crippen LogP contribution in [0.1, 0.15) is 28.8 Å². The molecule has 8 nitrogen and oxygen atoms in total. The maximum Gasteiger partial charge on any atom is 0.475 e. The zero-order valence-electron chi connectivity index (χ0n) is 13.0. The van der Waals surface area contributed by atoms with E-state index in [1.165, 1.54) is 4.90 Å². The van der Waals surface area contributed by atoms with Crippen molar-refractivity contribution < 1.29 is 24.4 Å². The zero-order valence-corrected chi connectivity index (χ0v) is 13.0. The van der Waals surface area contributed by atoms with Gasteiger partial charge in [0, 0.05) is 6.54 Å². The first-order valence-corrected chi connectivity index (χ1v) is 7.83. The first-order chi connectivity index (χ1) is 11.5. The number of rotatable bonds is 4. The molecule has 1 fully saturated rings. The number of anilines is 1. The summed E-state index contributed by atoms with van der Waals surface area (Å²) in [4.78, 5) is 37.4. The van der Waals surface area contributed by atoms with Crippen LogP contribution in [-0.2, 0) is 16.0 Å². The molecule has 0 aromatic heterocycles. The molecule has 1 aromatic carbocycles. The molecule has 0 spiro atoms. The molecule has 2 aliphatic rings. The molecule has 1 atom stereocenters. The van der Waals surface area contributed by atoms with E-state index in [0.717, 1.165) is 5.56 Å². The summed E-state index contributed by atoms with van der Waals surface area (Å²) < 4.78 is 0. The quantitative estimate of drug-likeness (QED) is 0.523. The molecule has 0 aliphatic carbocycles. The first kappa shape index (κ1) is 16.5. The van der Waals surface area contributed by atoms with Gasteiger partial charge in [0.2, 0.25) is 11.8 Å². The van der Waals surface area contributed by atoms with Gasteiger partial charge in [-0.25, -0.2) is 0 Å². The minimum atomic E-state index is -1.58. The minimum absolute atomic E-state index is 0.168. The third-order valence-electron chi connectivity index (χ3n) is 4.37. The number of fused-ring (bicyclic) bond motifs is 1. The second-order valence-corrected chi connectivity index (χ2v) is 5.96. The Hall–Kier alpha value is -2.39. The monoisotopic (exact) mass is 331 g/mol. The van der Waals surface area contributed by atoms with Crippen LogP contribution in [0.5, 0.6) is 0 Å². The number of amides is 3. The van der Waals surface area contributed by atoms with Crippen molar-refractivity contribution in [1.29, 1.82) is 0 Å². The van der Waals surface area contributed by atoms with E-state index in [1.807, 2.05) is 0 Å². The lowest BCUT2D eigenvalue weighted by Gasteiger charge is -2.24. The van der Waals surface area contributed by atoms with E-state index >= 15 is 0 Å². The van der Waals surface area contributed by atoms with Gasteiger partial charge >= 0.3 is 7.12 Å². The first-order valence-electron chi connectivity index (χ1n) is 7.83.